The maximum atomic E-state index is 11.8. The summed E-state index contributed by atoms with van der Waals surface area (Å²) in [6.45, 7) is 1.43. The number of carbonyl (C=O) groups is 1. The summed E-state index contributed by atoms with van der Waals surface area (Å²) in [6, 6.07) is 10.4. The lowest BCUT2D eigenvalue weighted by atomic mass is 9.78. The fourth-order valence-corrected chi connectivity index (χ4v) is 3.08. The second kappa shape index (κ2) is 5.61. The SMILES string of the molecule is O=C(N[C@@H]1C[C@@H]2CC[C@H]1NC2)OCc1ccccc1. The van der Waals surface area contributed by atoms with Gasteiger partial charge < -0.3 is 15.4 Å². The van der Waals surface area contributed by atoms with Crippen molar-refractivity contribution in [3.63, 3.8) is 0 Å². The first-order chi connectivity index (χ1) is 9.31. The number of rotatable bonds is 3. The van der Waals surface area contributed by atoms with Gasteiger partial charge in [0.2, 0.25) is 0 Å². The van der Waals surface area contributed by atoms with Gasteiger partial charge in [0.1, 0.15) is 6.61 Å². The van der Waals surface area contributed by atoms with Crippen molar-refractivity contribution in [2.24, 2.45) is 5.92 Å². The number of nitrogens with one attached hydrogen (secondary N) is 2. The summed E-state index contributed by atoms with van der Waals surface area (Å²) in [5.41, 5.74) is 1.01. The van der Waals surface area contributed by atoms with Crippen LogP contribution in [0.25, 0.3) is 0 Å². The third-order valence-electron chi connectivity index (χ3n) is 4.14. The van der Waals surface area contributed by atoms with Gasteiger partial charge in [0.05, 0.1) is 0 Å². The molecular weight excluding hydrogens is 240 g/mol. The van der Waals surface area contributed by atoms with Crippen LogP contribution in [-0.4, -0.2) is 24.7 Å². The monoisotopic (exact) mass is 260 g/mol. The molecule has 3 aliphatic rings. The zero-order valence-electron chi connectivity index (χ0n) is 11.0. The molecule has 2 heterocycles. The standard InChI is InChI=1S/C15H20N2O2/c18-15(19-10-11-4-2-1-3-5-11)17-14-8-12-6-7-13(14)16-9-12/h1-5,12-14,16H,6-10H2,(H,17,18)/t12-,13+,14+/m0/s1. The van der Waals surface area contributed by atoms with Crippen LogP contribution in [0.1, 0.15) is 24.8 Å². The Hall–Kier alpha value is -1.55. The van der Waals surface area contributed by atoms with Gasteiger partial charge in [-0.2, -0.15) is 0 Å². The summed E-state index contributed by atoms with van der Waals surface area (Å²) in [5.74, 6) is 0.712. The Morgan fingerprint density at radius 1 is 1.32 bits per heavy atom. The summed E-state index contributed by atoms with van der Waals surface area (Å²) >= 11 is 0. The number of hydrogen-bond acceptors (Lipinski definition) is 3. The predicted molar refractivity (Wildman–Crippen MR) is 72.7 cm³/mol. The van der Waals surface area contributed by atoms with Crippen LogP contribution >= 0.6 is 0 Å². The first-order valence-corrected chi connectivity index (χ1v) is 7.02. The molecule has 19 heavy (non-hydrogen) atoms. The average molecular weight is 260 g/mol. The number of benzene rings is 1. The van der Waals surface area contributed by atoms with E-state index in [0.29, 0.717) is 18.6 Å². The molecule has 2 bridgehead atoms. The summed E-state index contributed by atoms with van der Waals surface area (Å²) in [6.07, 6.45) is 3.23. The molecule has 1 aliphatic carbocycles. The summed E-state index contributed by atoms with van der Waals surface area (Å²) in [5, 5.41) is 6.47. The molecule has 3 atom stereocenters. The van der Waals surface area contributed by atoms with E-state index in [1.54, 1.807) is 0 Å². The highest BCUT2D eigenvalue weighted by Gasteiger charge is 2.36. The van der Waals surface area contributed by atoms with E-state index < -0.39 is 0 Å². The predicted octanol–water partition coefficient (Wildman–Crippen LogP) is 2.05. The van der Waals surface area contributed by atoms with Gasteiger partial charge in [-0.15, -0.1) is 0 Å². The van der Waals surface area contributed by atoms with E-state index in [1.165, 1.54) is 6.42 Å². The molecule has 2 N–H and O–H groups in total. The van der Waals surface area contributed by atoms with Crippen molar-refractivity contribution in [3.05, 3.63) is 35.9 Å². The molecule has 2 aliphatic heterocycles. The minimum Gasteiger partial charge on any atom is -0.445 e. The zero-order valence-corrected chi connectivity index (χ0v) is 11.0. The highest BCUT2D eigenvalue weighted by Crippen LogP contribution is 2.29. The summed E-state index contributed by atoms with van der Waals surface area (Å²) < 4.78 is 5.26. The largest absolute Gasteiger partial charge is 0.445 e. The Labute approximate surface area is 113 Å². The maximum Gasteiger partial charge on any atom is 0.407 e. The van der Waals surface area contributed by atoms with Crippen LogP contribution in [-0.2, 0) is 11.3 Å². The van der Waals surface area contributed by atoms with Crippen LogP contribution in [0.15, 0.2) is 30.3 Å². The number of alkyl carbamates (subject to hydrolysis) is 1. The van der Waals surface area contributed by atoms with Crippen molar-refractivity contribution < 1.29 is 9.53 Å². The summed E-state index contributed by atoms with van der Waals surface area (Å²) in [7, 11) is 0. The van der Waals surface area contributed by atoms with Gasteiger partial charge in [0, 0.05) is 12.1 Å². The number of hydrogen-bond donors (Lipinski definition) is 2. The Bertz CT molecular complexity index is 427. The fourth-order valence-electron chi connectivity index (χ4n) is 3.08. The van der Waals surface area contributed by atoms with Crippen molar-refractivity contribution in [1.82, 2.24) is 10.6 Å². The first kappa shape index (κ1) is 12.5. The lowest BCUT2D eigenvalue weighted by Gasteiger charge is -2.43. The van der Waals surface area contributed by atoms with Gasteiger partial charge in [0.25, 0.3) is 0 Å². The van der Waals surface area contributed by atoms with Crippen LogP contribution in [0.3, 0.4) is 0 Å². The van der Waals surface area contributed by atoms with Crippen molar-refractivity contribution in [2.45, 2.75) is 38.0 Å². The molecule has 2 saturated heterocycles. The van der Waals surface area contributed by atoms with Crippen LogP contribution < -0.4 is 10.6 Å². The quantitative estimate of drug-likeness (QED) is 0.874. The lowest BCUT2D eigenvalue weighted by Crippen LogP contribution is -2.59. The van der Waals surface area contributed by atoms with Crippen molar-refractivity contribution >= 4 is 6.09 Å². The molecule has 1 amide bonds. The highest BCUT2D eigenvalue weighted by atomic mass is 16.5. The third-order valence-corrected chi connectivity index (χ3v) is 4.14. The lowest BCUT2D eigenvalue weighted by molar-refractivity contribution is 0.113. The van der Waals surface area contributed by atoms with Gasteiger partial charge in [-0.1, -0.05) is 30.3 Å². The molecule has 0 aromatic heterocycles. The highest BCUT2D eigenvalue weighted by molar-refractivity contribution is 5.67. The second-order valence-electron chi connectivity index (χ2n) is 5.51. The van der Waals surface area contributed by atoms with Crippen molar-refractivity contribution in [3.8, 4) is 0 Å². The van der Waals surface area contributed by atoms with E-state index in [1.807, 2.05) is 30.3 Å². The van der Waals surface area contributed by atoms with Crippen molar-refractivity contribution in [2.75, 3.05) is 6.54 Å². The Kier molecular flexibility index (Phi) is 3.69. The second-order valence-corrected chi connectivity index (χ2v) is 5.51. The summed E-state index contributed by atoms with van der Waals surface area (Å²) in [4.78, 5) is 11.8. The molecule has 0 radical (unpaired) electrons. The molecule has 4 heteroatoms. The fraction of sp³-hybridized carbons (Fsp3) is 0.533. The Morgan fingerprint density at radius 3 is 2.79 bits per heavy atom. The van der Waals surface area contributed by atoms with Gasteiger partial charge in [-0.05, 0) is 37.3 Å². The maximum absolute atomic E-state index is 11.8. The van der Waals surface area contributed by atoms with Gasteiger partial charge >= 0.3 is 6.09 Å². The van der Waals surface area contributed by atoms with E-state index in [-0.39, 0.29) is 12.1 Å². The van der Waals surface area contributed by atoms with E-state index >= 15 is 0 Å². The van der Waals surface area contributed by atoms with E-state index in [9.17, 15) is 4.79 Å². The molecule has 0 spiro atoms. The average Bonchev–Trinajstić information content (AvgIpc) is 2.47. The Balaban J connectivity index is 1.46. The van der Waals surface area contributed by atoms with Gasteiger partial charge in [-0.25, -0.2) is 4.79 Å². The van der Waals surface area contributed by atoms with E-state index in [4.69, 9.17) is 4.74 Å². The van der Waals surface area contributed by atoms with E-state index in [0.717, 1.165) is 24.9 Å². The number of ether oxygens (including phenoxy) is 1. The molecular formula is C15H20N2O2. The van der Waals surface area contributed by atoms with Crippen molar-refractivity contribution in [1.29, 1.82) is 0 Å². The third kappa shape index (κ3) is 3.07. The number of fused-ring (bicyclic) bond motifs is 3. The minimum absolute atomic E-state index is 0.232. The molecule has 1 saturated carbocycles. The number of amides is 1. The van der Waals surface area contributed by atoms with Crippen LogP contribution in [0.4, 0.5) is 4.79 Å². The first-order valence-electron chi connectivity index (χ1n) is 7.02. The van der Waals surface area contributed by atoms with Crippen LogP contribution in [0.2, 0.25) is 0 Å². The van der Waals surface area contributed by atoms with Crippen LogP contribution in [0.5, 0.6) is 0 Å². The topological polar surface area (TPSA) is 50.4 Å². The number of carbonyl (C=O) groups excluding carboxylic acids is 1. The van der Waals surface area contributed by atoms with Gasteiger partial charge in [0.15, 0.2) is 0 Å². The molecule has 3 fully saturated rings. The number of piperidine rings is 2. The van der Waals surface area contributed by atoms with Crippen LogP contribution in [0, 0.1) is 5.92 Å². The van der Waals surface area contributed by atoms with E-state index in [2.05, 4.69) is 10.6 Å². The molecule has 1 aromatic carbocycles. The normalized spacial score (nSPS) is 28.9. The zero-order chi connectivity index (χ0) is 13.1. The smallest absolute Gasteiger partial charge is 0.407 e. The minimum atomic E-state index is -0.303. The molecule has 1 aromatic rings. The molecule has 4 nitrogen and oxygen atoms in total. The molecule has 0 unspecified atom stereocenters. The van der Waals surface area contributed by atoms with Gasteiger partial charge in [-0.3, -0.25) is 0 Å². The Morgan fingerprint density at radius 2 is 2.16 bits per heavy atom. The molecule has 102 valence electrons. The molecule has 4 rings (SSSR count).